The number of aromatic nitrogens is 3. The van der Waals surface area contributed by atoms with Crippen molar-refractivity contribution in [1.82, 2.24) is 14.8 Å². The van der Waals surface area contributed by atoms with Crippen LogP contribution in [-0.2, 0) is 4.79 Å². The molecule has 0 unspecified atom stereocenters. The number of furan rings is 1. The first-order chi connectivity index (χ1) is 12.3. The smallest absolute Gasteiger partial charge is 0.226 e. The third kappa shape index (κ3) is 2.21. The van der Waals surface area contributed by atoms with Crippen LogP contribution in [0.4, 0.5) is 5.95 Å². The van der Waals surface area contributed by atoms with Crippen molar-refractivity contribution in [2.75, 3.05) is 5.32 Å². The van der Waals surface area contributed by atoms with Gasteiger partial charge in [0.1, 0.15) is 18.1 Å². The number of nitrogens with zero attached hydrogens (tertiary/aromatic N) is 3. The Morgan fingerprint density at radius 2 is 2.00 bits per heavy atom. The summed E-state index contributed by atoms with van der Waals surface area (Å²) in [5.41, 5.74) is 2.85. The first-order valence-corrected chi connectivity index (χ1v) is 8.32. The van der Waals surface area contributed by atoms with Crippen LogP contribution in [0.3, 0.4) is 0 Å². The van der Waals surface area contributed by atoms with E-state index in [0.717, 1.165) is 17.7 Å². The lowest BCUT2D eigenvalue weighted by Gasteiger charge is -2.34. The van der Waals surface area contributed by atoms with E-state index in [1.165, 1.54) is 11.9 Å². The van der Waals surface area contributed by atoms with Crippen molar-refractivity contribution in [3.8, 4) is 0 Å². The average molecular weight is 332 g/mol. The van der Waals surface area contributed by atoms with Crippen molar-refractivity contribution in [2.24, 2.45) is 0 Å². The topological polar surface area (TPSA) is 73.0 Å². The Hall–Kier alpha value is -3.15. The van der Waals surface area contributed by atoms with Gasteiger partial charge < -0.3 is 9.73 Å². The quantitative estimate of drug-likeness (QED) is 0.779. The van der Waals surface area contributed by atoms with Gasteiger partial charge in [0.2, 0.25) is 5.95 Å². The van der Waals surface area contributed by atoms with Crippen molar-refractivity contribution in [1.29, 1.82) is 0 Å². The predicted molar refractivity (Wildman–Crippen MR) is 90.9 cm³/mol. The fourth-order valence-corrected chi connectivity index (χ4v) is 3.82. The van der Waals surface area contributed by atoms with Gasteiger partial charge in [0, 0.05) is 17.7 Å². The molecule has 0 saturated heterocycles. The van der Waals surface area contributed by atoms with Gasteiger partial charge >= 0.3 is 0 Å². The Morgan fingerprint density at radius 1 is 1.12 bits per heavy atom. The van der Waals surface area contributed by atoms with Gasteiger partial charge in [0.15, 0.2) is 5.78 Å². The van der Waals surface area contributed by atoms with Crippen LogP contribution in [0.5, 0.6) is 0 Å². The van der Waals surface area contributed by atoms with Crippen LogP contribution in [0.15, 0.2) is 70.7 Å². The molecule has 0 spiro atoms. The molecule has 2 aliphatic rings. The van der Waals surface area contributed by atoms with Crippen molar-refractivity contribution < 1.29 is 9.21 Å². The molecule has 25 heavy (non-hydrogen) atoms. The molecule has 2 atom stereocenters. The minimum absolute atomic E-state index is 0.130. The van der Waals surface area contributed by atoms with Gasteiger partial charge in [0.05, 0.1) is 6.26 Å². The predicted octanol–water partition coefficient (Wildman–Crippen LogP) is 3.29. The maximum Gasteiger partial charge on any atom is 0.226 e. The summed E-state index contributed by atoms with van der Waals surface area (Å²) in [6, 6.07) is 13.5. The number of hydrogen-bond acceptors (Lipinski definition) is 5. The van der Waals surface area contributed by atoms with Crippen molar-refractivity contribution in [3.05, 3.63) is 77.6 Å². The first kappa shape index (κ1) is 14.2. The number of anilines is 1. The Balaban J connectivity index is 1.60. The van der Waals surface area contributed by atoms with Gasteiger partial charge in [-0.05, 0) is 30.0 Å². The minimum atomic E-state index is -0.354. The lowest BCUT2D eigenvalue weighted by molar-refractivity contribution is -0.116. The fraction of sp³-hybridized carbons (Fsp3) is 0.211. The van der Waals surface area contributed by atoms with Gasteiger partial charge in [-0.3, -0.25) is 4.79 Å². The second-order valence-corrected chi connectivity index (χ2v) is 6.40. The number of carbonyl (C=O) groups is 1. The summed E-state index contributed by atoms with van der Waals surface area (Å²) in [6.45, 7) is 0. The van der Waals surface area contributed by atoms with E-state index in [9.17, 15) is 4.79 Å². The van der Waals surface area contributed by atoms with Gasteiger partial charge in [-0.1, -0.05) is 30.3 Å². The largest absolute Gasteiger partial charge is 0.467 e. The lowest BCUT2D eigenvalue weighted by atomic mass is 9.79. The van der Waals surface area contributed by atoms with E-state index >= 15 is 0 Å². The molecule has 2 aromatic heterocycles. The molecule has 1 N–H and O–H groups in total. The molecular formula is C19H16N4O2. The number of Topliss-reactive ketones (excluding diaryl/α,β-unsaturated/α-hetero) is 1. The monoisotopic (exact) mass is 332 g/mol. The fourth-order valence-electron chi connectivity index (χ4n) is 3.82. The Bertz CT molecular complexity index is 956. The number of benzene rings is 1. The van der Waals surface area contributed by atoms with Gasteiger partial charge in [0.25, 0.3) is 0 Å². The zero-order valence-corrected chi connectivity index (χ0v) is 13.4. The molecule has 0 fully saturated rings. The van der Waals surface area contributed by atoms with Crippen molar-refractivity contribution >= 4 is 11.7 Å². The highest BCUT2D eigenvalue weighted by molar-refractivity contribution is 6.00. The Kier molecular flexibility index (Phi) is 3.09. The summed E-state index contributed by atoms with van der Waals surface area (Å²) in [5, 5.41) is 7.60. The number of hydrogen-bond donors (Lipinski definition) is 1. The molecule has 0 radical (unpaired) electrons. The van der Waals surface area contributed by atoms with Crippen LogP contribution in [0.25, 0.3) is 0 Å². The number of ketones is 1. The Morgan fingerprint density at radius 3 is 2.80 bits per heavy atom. The van der Waals surface area contributed by atoms with Crippen LogP contribution >= 0.6 is 0 Å². The maximum atomic E-state index is 13.0. The Labute approximate surface area is 144 Å². The number of rotatable bonds is 2. The summed E-state index contributed by atoms with van der Waals surface area (Å²) >= 11 is 0. The SMILES string of the molecule is O=C1C[C@@H](c2ccccc2)CC2=C1[C@@H](c1ccco1)n1ncnc1N2. The van der Waals surface area contributed by atoms with E-state index in [1.54, 1.807) is 10.9 Å². The highest BCUT2D eigenvalue weighted by atomic mass is 16.3. The molecule has 0 amide bonds. The van der Waals surface area contributed by atoms with E-state index < -0.39 is 0 Å². The van der Waals surface area contributed by atoms with E-state index in [-0.39, 0.29) is 17.7 Å². The molecule has 5 rings (SSSR count). The summed E-state index contributed by atoms with van der Waals surface area (Å²) in [4.78, 5) is 17.3. The standard InChI is InChI=1S/C19H16N4O2/c24-15-10-13(12-5-2-1-3-6-12)9-14-17(15)18(16-7-4-8-25-16)23-19(22-14)20-11-21-23/h1-8,11,13,18H,9-10H2,(H,20,21,22)/t13-,18+/m0/s1. The molecule has 0 bridgehead atoms. The third-order valence-corrected chi connectivity index (χ3v) is 4.95. The number of nitrogens with one attached hydrogen (secondary N) is 1. The second-order valence-electron chi connectivity index (χ2n) is 6.40. The summed E-state index contributed by atoms with van der Waals surface area (Å²) < 4.78 is 7.33. The minimum Gasteiger partial charge on any atom is -0.467 e. The second kappa shape index (κ2) is 5.44. The lowest BCUT2D eigenvalue weighted by Crippen LogP contribution is -2.33. The van der Waals surface area contributed by atoms with E-state index in [0.29, 0.717) is 18.1 Å². The number of fused-ring (bicyclic) bond motifs is 1. The zero-order chi connectivity index (χ0) is 16.8. The maximum absolute atomic E-state index is 13.0. The molecule has 6 nitrogen and oxygen atoms in total. The van der Waals surface area contributed by atoms with Crippen LogP contribution in [0, 0.1) is 0 Å². The molecule has 0 saturated carbocycles. The first-order valence-electron chi connectivity index (χ1n) is 8.32. The van der Waals surface area contributed by atoms with Crippen molar-refractivity contribution in [2.45, 2.75) is 24.8 Å². The molecule has 1 aromatic carbocycles. The molecule has 124 valence electrons. The summed E-state index contributed by atoms with van der Waals surface area (Å²) in [7, 11) is 0. The van der Waals surface area contributed by atoms with E-state index in [1.807, 2.05) is 30.3 Å². The van der Waals surface area contributed by atoms with Gasteiger partial charge in [-0.25, -0.2) is 4.68 Å². The van der Waals surface area contributed by atoms with Crippen LogP contribution in [-0.4, -0.2) is 20.5 Å². The normalized spacial score (nSPS) is 22.3. The summed E-state index contributed by atoms with van der Waals surface area (Å²) in [5.74, 6) is 1.64. The third-order valence-electron chi connectivity index (χ3n) is 4.95. The van der Waals surface area contributed by atoms with Crippen LogP contribution in [0.1, 0.15) is 36.1 Å². The van der Waals surface area contributed by atoms with Crippen molar-refractivity contribution in [3.63, 3.8) is 0 Å². The molecule has 3 heterocycles. The van der Waals surface area contributed by atoms with Gasteiger partial charge in [-0.2, -0.15) is 10.1 Å². The molecular weight excluding hydrogens is 316 g/mol. The highest BCUT2D eigenvalue weighted by Crippen LogP contribution is 2.43. The molecule has 1 aliphatic carbocycles. The summed E-state index contributed by atoms with van der Waals surface area (Å²) in [6.07, 6.45) is 4.38. The number of allylic oxidation sites excluding steroid dienone is 2. The molecule has 1 aliphatic heterocycles. The van der Waals surface area contributed by atoms with E-state index in [2.05, 4.69) is 27.5 Å². The number of carbonyl (C=O) groups excluding carboxylic acids is 1. The average Bonchev–Trinajstić information content (AvgIpc) is 3.32. The molecule has 3 aromatic rings. The van der Waals surface area contributed by atoms with Crippen LogP contribution < -0.4 is 5.32 Å². The highest BCUT2D eigenvalue weighted by Gasteiger charge is 2.40. The van der Waals surface area contributed by atoms with Gasteiger partial charge in [-0.15, -0.1) is 0 Å². The zero-order valence-electron chi connectivity index (χ0n) is 13.4. The molecule has 6 heteroatoms. The van der Waals surface area contributed by atoms with Crippen LogP contribution in [0.2, 0.25) is 0 Å². The van der Waals surface area contributed by atoms with E-state index in [4.69, 9.17) is 4.42 Å².